The number of rotatable bonds is 4. The first-order chi connectivity index (χ1) is 14.2. The van der Waals surface area contributed by atoms with E-state index in [0.717, 1.165) is 64.5 Å². The van der Waals surface area contributed by atoms with Gasteiger partial charge in [0.1, 0.15) is 5.75 Å². The van der Waals surface area contributed by atoms with Gasteiger partial charge in [0.2, 0.25) is 0 Å². The number of morpholine rings is 1. The molecule has 2 aromatic carbocycles. The Balaban J connectivity index is 1.32. The average molecular weight is 397 g/mol. The van der Waals surface area contributed by atoms with Gasteiger partial charge in [0.15, 0.2) is 0 Å². The van der Waals surface area contributed by atoms with Gasteiger partial charge in [-0.3, -0.25) is 9.80 Å². The molecule has 4 atom stereocenters. The van der Waals surface area contributed by atoms with Crippen LogP contribution >= 0.6 is 0 Å². The molecule has 5 rings (SSSR count). The number of ether oxygens (including phenoxy) is 2. The molecule has 29 heavy (non-hydrogen) atoms. The monoisotopic (exact) mass is 396 g/mol. The van der Waals surface area contributed by atoms with Crippen LogP contribution in [0.4, 0.5) is 0 Å². The molecule has 5 heteroatoms. The van der Waals surface area contributed by atoms with E-state index < -0.39 is 0 Å². The Kier molecular flexibility index (Phi) is 5.48. The minimum absolute atomic E-state index is 0.207. The summed E-state index contributed by atoms with van der Waals surface area (Å²) in [4.78, 5) is 5.04. The number of aliphatic hydroxyl groups excluding tert-OH is 1. The van der Waals surface area contributed by atoms with Gasteiger partial charge in [-0.15, -0.1) is 0 Å². The molecule has 3 fully saturated rings. The van der Waals surface area contributed by atoms with E-state index in [1.54, 1.807) is 7.11 Å². The Bertz CT molecular complexity index is 851. The summed E-state index contributed by atoms with van der Waals surface area (Å²) in [6.45, 7) is 6.60. The van der Waals surface area contributed by atoms with Crippen LogP contribution in [0.1, 0.15) is 18.4 Å². The number of likely N-dealkylation sites (tertiary alicyclic amines) is 1. The predicted octanol–water partition coefficient (Wildman–Crippen LogP) is 2.75. The van der Waals surface area contributed by atoms with Crippen molar-refractivity contribution in [2.75, 3.05) is 46.5 Å². The Morgan fingerprint density at radius 2 is 1.79 bits per heavy atom. The summed E-state index contributed by atoms with van der Waals surface area (Å²) in [5, 5.41) is 13.4. The second-order valence-corrected chi connectivity index (χ2v) is 8.94. The lowest BCUT2D eigenvalue weighted by Gasteiger charge is -2.43. The first-order valence-corrected chi connectivity index (χ1v) is 11.0. The van der Waals surface area contributed by atoms with Gasteiger partial charge in [0, 0.05) is 44.3 Å². The van der Waals surface area contributed by atoms with Gasteiger partial charge >= 0.3 is 0 Å². The molecule has 1 N–H and O–H groups in total. The predicted molar refractivity (Wildman–Crippen MR) is 114 cm³/mol. The van der Waals surface area contributed by atoms with Crippen LogP contribution < -0.4 is 4.74 Å². The maximum atomic E-state index is 10.8. The maximum Gasteiger partial charge on any atom is 0.123 e. The van der Waals surface area contributed by atoms with Gasteiger partial charge < -0.3 is 14.6 Å². The largest absolute Gasteiger partial charge is 0.496 e. The molecule has 0 bridgehead atoms. The van der Waals surface area contributed by atoms with Crippen LogP contribution in [0.2, 0.25) is 0 Å². The standard InChI is InChI=1S/C24H32N2O3/c1-28-24-7-6-17-4-2-3-5-20(17)21(24)16-25-14-18-12-22(23(27)13-19(18)15-25)26-8-10-29-11-9-26/h2-7,18-19,22-23,27H,8-16H2,1H3/t18-,19+,22-,23-/m1/s1. The molecule has 0 radical (unpaired) electrons. The zero-order valence-corrected chi connectivity index (χ0v) is 17.3. The third kappa shape index (κ3) is 3.77. The summed E-state index contributed by atoms with van der Waals surface area (Å²) >= 11 is 0. The normalized spacial score (nSPS) is 31.1. The van der Waals surface area contributed by atoms with E-state index in [2.05, 4.69) is 46.2 Å². The third-order valence-corrected chi connectivity index (χ3v) is 7.30. The van der Waals surface area contributed by atoms with Crippen LogP contribution in [0.5, 0.6) is 5.75 Å². The molecule has 2 saturated heterocycles. The van der Waals surface area contributed by atoms with Gasteiger partial charge in [-0.05, 0) is 41.5 Å². The van der Waals surface area contributed by atoms with Crippen molar-refractivity contribution in [1.82, 2.24) is 9.80 Å². The number of methoxy groups -OCH3 is 1. The van der Waals surface area contributed by atoms with Crippen molar-refractivity contribution in [3.05, 3.63) is 42.0 Å². The third-order valence-electron chi connectivity index (χ3n) is 7.30. The quantitative estimate of drug-likeness (QED) is 0.861. The molecule has 5 nitrogen and oxygen atoms in total. The minimum Gasteiger partial charge on any atom is -0.496 e. The molecule has 3 aliphatic rings. The van der Waals surface area contributed by atoms with E-state index in [-0.39, 0.29) is 6.10 Å². The first kappa shape index (κ1) is 19.3. The van der Waals surface area contributed by atoms with Crippen LogP contribution in [0.25, 0.3) is 10.8 Å². The molecule has 2 aromatic rings. The van der Waals surface area contributed by atoms with Crippen LogP contribution in [0.3, 0.4) is 0 Å². The Labute approximate surface area is 173 Å². The summed E-state index contributed by atoms with van der Waals surface area (Å²) in [6, 6.07) is 13.1. The van der Waals surface area contributed by atoms with Gasteiger partial charge in [-0.1, -0.05) is 30.3 Å². The fraction of sp³-hybridized carbons (Fsp3) is 0.583. The summed E-state index contributed by atoms with van der Waals surface area (Å²) < 4.78 is 11.2. The number of hydrogen-bond donors (Lipinski definition) is 1. The SMILES string of the molecule is COc1ccc2ccccc2c1CN1C[C@H]2C[C@@H](N3CCOCC3)[C@H](O)C[C@H]2C1. The average Bonchev–Trinajstić information content (AvgIpc) is 3.15. The Hall–Kier alpha value is -1.66. The van der Waals surface area contributed by atoms with Crippen molar-refractivity contribution in [2.24, 2.45) is 11.8 Å². The highest BCUT2D eigenvalue weighted by Crippen LogP contribution is 2.40. The van der Waals surface area contributed by atoms with E-state index in [4.69, 9.17) is 9.47 Å². The van der Waals surface area contributed by atoms with Crippen molar-refractivity contribution in [1.29, 1.82) is 0 Å². The van der Waals surface area contributed by atoms with E-state index in [1.807, 2.05) is 0 Å². The fourth-order valence-corrected chi connectivity index (χ4v) is 5.83. The van der Waals surface area contributed by atoms with Crippen molar-refractivity contribution >= 4 is 10.8 Å². The summed E-state index contributed by atoms with van der Waals surface area (Å²) in [5.41, 5.74) is 1.29. The Morgan fingerprint density at radius 1 is 1.03 bits per heavy atom. The lowest BCUT2D eigenvalue weighted by molar-refractivity contribution is -0.0520. The first-order valence-electron chi connectivity index (χ1n) is 11.0. The highest BCUT2D eigenvalue weighted by Gasteiger charge is 2.43. The van der Waals surface area contributed by atoms with Crippen molar-refractivity contribution < 1.29 is 14.6 Å². The number of benzene rings is 2. The fourth-order valence-electron chi connectivity index (χ4n) is 5.83. The molecular formula is C24H32N2O3. The summed E-state index contributed by atoms with van der Waals surface area (Å²) in [6.07, 6.45) is 1.83. The second-order valence-electron chi connectivity index (χ2n) is 8.94. The minimum atomic E-state index is -0.207. The van der Waals surface area contributed by atoms with E-state index in [0.29, 0.717) is 17.9 Å². The smallest absolute Gasteiger partial charge is 0.123 e. The Morgan fingerprint density at radius 3 is 2.59 bits per heavy atom. The molecular weight excluding hydrogens is 364 g/mol. The zero-order valence-electron chi connectivity index (χ0n) is 17.3. The van der Waals surface area contributed by atoms with Crippen molar-refractivity contribution in [3.8, 4) is 5.75 Å². The number of aliphatic hydroxyl groups is 1. The molecule has 0 spiro atoms. The van der Waals surface area contributed by atoms with E-state index in [1.165, 1.54) is 16.3 Å². The van der Waals surface area contributed by atoms with Crippen molar-refractivity contribution in [2.45, 2.75) is 31.5 Å². The molecule has 0 amide bonds. The van der Waals surface area contributed by atoms with Gasteiger partial charge in [0.25, 0.3) is 0 Å². The number of nitrogens with zero attached hydrogens (tertiary/aromatic N) is 2. The lowest BCUT2D eigenvalue weighted by atomic mass is 9.77. The number of hydrogen-bond acceptors (Lipinski definition) is 5. The van der Waals surface area contributed by atoms with E-state index >= 15 is 0 Å². The topological polar surface area (TPSA) is 45.2 Å². The lowest BCUT2D eigenvalue weighted by Crippen LogP contribution is -2.53. The number of fused-ring (bicyclic) bond motifs is 2. The highest BCUT2D eigenvalue weighted by molar-refractivity contribution is 5.87. The zero-order chi connectivity index (χ0) is 19.8. The molecule has 2 heterocycles. The van der Waals surface area contributed by atoms with E-state index in [9.17, 15) is 5.11 Å². The van der Waals surface area contributed by atoms with Crippen LogP contribution in [0.15, 0.2) is 36.4 Å². The van der Waals surface area contributed by atoms with Gasteiger partial charge in [0.05, 0.1) is 26.4 Å². The second kappa shape index (κ2) is 8.23. The molecule has 156 valence electrons. The molecule has 1 aliphatic carbocycles. The van der Waals surface area contributed by atoms with Crippen molar-refractivity contribution in [3.63, 3.8) is 0 Å². The van der Waals surface area contributed by atoms with Gasteiger partial charge in [-0.2, -0.15) is 0 Å². The molecule has 0 unspecified atom stereocenters. The highest BCUT2D eigenvalue weighted by atomic mass is 16.5. The summed E-state index contributed by atoms with van der Waals surface area (Å²) in [5.74, 6) is 2.25. The van der Waals surface area contributed by atoms with Gasteiger partial charge in [-0.25, -0.2) is 0 Å². The molecule has 0 aromatic heterocycles. The maximum absolute atomic E-state index is 10.8. The van der Waals surface area contributed by atoms with Crippen LogP contribution in [0, 0.1) is 11.8 Å². The summed E-state index contributed by atoms with van der Waals surface area (Å²) in [7, 11) is 1.76. The van der Waals surface area contributed by atoms with Crippen LogP contribution in [-0.2, 0) is 11.3 Å². The molecule has 1 saturated carbocycles. The molecule has 2 aliphatic heterocycles. The van der Waals surface area contributed by atoms with Crippen LogP contribution in [-0.4, -0.2) is 73.6 Å².